The predicted molar refractivity (Wildman–Crippen MR) is 44.0 cm³/mol. The van der Waals surface area contributed by atoms with Crippen LogP contribution >= 0.6 is 0 Å². The summed E-state index contributed by atoms with van der Waals surface area (Å²) in [5.41, 5.74) is 0. The first-order chi connectivity index (χ1) is 8.74. The molecule has 0 aliphatic carbocycles. The molecule has 20 heavy (non-hydrogen) atoms. The molecule has 0 saturated carbocycles. The summed E-state index contributed by atoms with van der Waals surface area (Å²) in [4.78, 5) is 1.73. The standard InChI is InChI=1S/C4H4F6O8S2/c5-1-15-3(6,7)17-19(11,12)2-20(13,14)18-4(8,9)16-10/h1-2H2. The highest BCUT2D eigenvalue weighted by molar-refractivity contribution is 8.03. The Labute approximate surface area is 107 Å². The Morgan fingerprint density at radius 1 is 0.850 bits per heavy atom. The van der Waals surface area contributed by atoms with E-state index in [0.717, 1.165) is 0 Å². The van der Waals surface area contributed by atoms with E-state index >= 15 is 0 Å². The Morgan fingerprint density at radius 2 is 1.25 bits per heavy atom. The van der Waals surface area contributed by atoms with Crippen molar-refractivity contribution >= 4 is 20.2 Å². The van der Waals surface area contributed by atoms with Gasteiger partial charge in [-0.2, -0.15) is 25.2 Å². The fourth-order valence-corrected chi connectivity index (χ4v) is 3.09. The van der Waals surface area contributed by atoms with Crippen LogP contribution in [0.15, 0.2) is 0 Å². The average Bonchev–Trinajstić information content (AvgIpc) is 2.10. The quantitative estimate of drug-likeness (QED) is 0.335. The zero-order valence-corrected chi connectivity index (χ0v) is 10.4. The third-order valence-electron chi connectivity index (χ3n) is 1.05. The highest BCUT2D eigenvalue weighted by Crippen LogP contribution is 2.24. The lowest BCUT2D eigenvalue weighted by molar-refractivity contribution is -0.435. The van der Waals surface area contributed by atoms with Crippen molar-refractivity contribution in [2.45, 2.75) is 12.6 Å². The zero-order valence-electron chi connectivity index (χ0n) is 8.76. The first kappa shape index (κ1) is 19.3. The zero-order chi connectivity index (χ0) is 16.2. The summed E-state index contributed by atoms with van der Waals surface area (Å²) in [7, 11) is -11.6. The molecule has 0 saturated heterocycles. The van der Waals surface area contributed by atoms with Gasteiger partial charge >= 0.3 is 12.6 Å². The van der Waals surface area contributed by atoms with Crippen LogP contribution in [0.1, 0.15) is 0 Å². The molecule has 0 amide bonds. The number of rotatable bonds is 9. The van der Waals surface area contributed by atoms with E-state index < -0.39 is 44.8 Å². The van der Waals surface area contributed by atoms with Crippen molar-refractivity contribution in [3.05, 3.63) is 0 Å². The Morgan fingerprint density at radius 3 is 1.60 bits per heavy atom. The van der Waals surface area contributed by atoms with Crippen LogP contribution in [-0.4, -0.2) is 41.4 Å². The van der Waals surface area contributed by atoms with Crippen molar-refractivity contribution < 1.29 is 61.4 Å². The van der Waals surface area contributed by atoms with Crippen molar-refractivity contribution in [3.63, 3.8) is 0 Å². The van der Waals surface area contributed by atoms with E-state index in [1.165, 1.54) is 0 Å². The minimum absolute atomic E-state index is 1.73. The minimum Gasteiger partial charge on any atom is -0.263 e. The van der Waals surface area contributed by atoms with Crippen molar-refractivity contribution in [1.29, 1.82) is 0 Å². The number of hydrogen-bond acceptors (Lipinski definition) is 8. The lowest BCUT2D eigenvalue weighted by atomic mass is 11.2. The predicted octanol–water partition coefficient (Wildman–Crippen LogP) is 0.582. The van der Waals surface area contributed by atoms with Gasteiger partial charge in [-0.3, -0.25) is 4.74 Å². The van der Waals surface area contributed by atoms with E-state index in [1.54, 1.807) is 4.94 Å². The molecule has 0 aromatic heterocycles. The molecule has 16 heteroatoms. The van der Waals surface area contributed by atoms with E-state index in [9.17, 15) is 43.3 Å². The monoisotopic (exact) mass is 358 g/mol. The SMILES string of the molecule is O=S(=O)(CS(=O)(=O)OC(F)(F)OCF)OC(F)(F)OF. The van der Waals surface area contributed by atoms with Gasteiger partial charge in [-0.05, 0) is 4.53 Å². The maximum atomic E-state index is 12.4. The fourth-order valence-electron chi connectivity index (χ4n) is 0.621. The van der Waals surface area contributed by atoms with Gasteiger partial charge in [-0.1, -0.05) is 4.94 Å². The summed E-state index contributed by atoms with van der Waals surface area (Å²) in [6.07, 6.45) is -10.5. The molecule has 0 aromatic carbocycles. The van der Waals surface area contributed by atoms with Gasteiger partial charge in [-0.15, -0.1) is 17.6 Å². The first-order valence-corrected chi connectivity index (χ1v) is 7.01. The largest absolute Gasteiger partial charge is 0.531 e. The molecular weight excluding hydrogens is 354 g/mol. The van der Waals surface area contributed by atoms with Crippen LogP contribution in [0.2, 0.25) is 0 Å². The van der Waals surface area contributed by atoms with E-state index in [-0.39, 0.29) is 0 Å². The summed E-state index contributed by atoms with van der Waals surface area (Å²) in [5, 5.41) is -2.58. The molecule has 0 aromatic rings. The van der Waals surface area contributed by atoms with Gasteiger partial charge in [0.05, 0.1) is 0 Å². The third-order valence-corrected chi connectivity index (χ3v) is 4.25. The van der Waals surface area contributed by atoms with Crippen LogP contribution in [-0.2, 0) is 38.3 Å². The highest BCUT2D eigenvalue weighted by atomic mass is 32.3. The van der Waals surface area contributed by atoms with Crippen LogP contribution in [0, 0.1) is 0 Å². The molecule has 0 spiro atoms. The van der Waals surface area contributed by atoms with Gasteiger partial charge in [0, 0.05) is 0 Å². The highest BCUT2D eigenvalue weighted by Gasteiger charge is 2.45. The minimum atomic E-state index is -5.81. The van der Waals surface area contributed by atoms with Crippen LogP contribution in [0.3, 0.4) is 0 Å². The van der Waals surface area contributed by atoms with Crippen LogP contribution < -0.4 is 0 Å². The summed E-state index contributed by atoms with van der Waals surface area (Å²) in [6.45, 7) is -2.21. The van der Waals surface area contributed by atoms with Gasteiger partial charge < -0.3 is 0 Å². The molecule has 0 heterocycles. The van der Waals surface area contributed by atoms with Crippen molar-refractivity contribution in [3.8, 4) is 0 Å². The second-order valence-electron chi connectivity index (χ2n) is 2.66. The summed E-state index contributed by atoms with van der Waals surface area (Å²) >= 11 is 0. The molecular formula is C4H4F6O8S2. The van der Waals surface area contributed by atoms with Crippen molar-refractivity contribution in [2.24, 2.45) is 0 Å². The molecule has 8 nitrogen and oxygen atoms in total. The second kappa shape index (κ2) is 6.39. The molecule has 0 aliphatic rings. The lowest BCUT2D eigenvalue weighted by Crippen LogP contribution is -2.34. The number of alkyl halides is 5. The summed E-state index contributed by atoms with van der Waals surface area (Å²) < 4.78 is 122. The molecule has 0 atom stereocenters. The molecule has 122 valence electrons. The normalized spacial score (nSPS) is 14.5. The Balaban J connectivity index is 4.93. The second-order valence-corrected chi connectivity index (χ2v) is 6.16. The van der Waals surface area contributed by atoms with Crippen LogP contribution in [0.5, 0.6) is 0 Å². The molecule has 0 rings (SSSR count). The van der Waals surface area contributed by atoms with Crippen molar-refractivity contribution in [2.75, 3.05) is 11.9 Å². The molecule has 0 N–H and O–H groups in total. The molecule has 0 unspecified atom stereocenters. The first-order valence-electron chi connectivity index (χ1n) is 3.86. The van der Waals surface area contributed by atoms with E-state index in [0.29, 0.717) is 0 Å². The average molecular weight is 358 g/mol. The number of hydrogen-bond donors (Lipinski definition) is 0. The maximum absolute atomic E-state index is 12.4. The lowest BCUT2D eigenvalue weighted by Gasteiger charge is -2.15. The van der Waals surface area contributed by atoms with E-state index in [1.807, 2.05) is 0 Å². The van der Waals surface area contributed by atoms with Crippen molar-refractivity contribution in [1.82, 2.24) is 0 Å². The topological polar surface area (TPSA) is 105 Å². The summed E-state index contributed by atoms with van der Waals surface area (Å²) in [5.74, 6) is 0. The Hall–Kier alpha value is -0.680. The number of ether oxygens (including phenoxy) is 1. The Kier molecular flexibility index (Phi) is 6.18. The molecule has 0 bridgehead atoms. The number of halogens is 6. The smallest absolute Gasteiger partial charge is 0.263 e. The van der Waals surface area contributed by atoms with E-state index in [2.05, 4.69) is 13.1 Å². The van der Waals surface area contributed by atoms with Crippen LogP contribution in [0.4, 0.5) is 26.5 Å². The Bertz CT molecular complexity index is 513. The van der Waals surface area contributed by atoms with Gasteiger partial charge in [0.1, 0.15) is 0 Å². The molecule has 0 aliphatic heterocycles. The third kappa shape index (κ3) is 7.80. The fraction of sp³-hybridized carbons (Fsp3) is 1.00. The summed E-state index contributed by atoms with van der Waals surface area (Å²) in [6, 6.07) is 0. The van der Waals surface area contributed by atoms with Gasteiger partial charge in [0.2, 0.25) is 5.08 Å². The van der Waals surface area contributed by atoms with Gasteiger partial charge in [-0.25, -0.2) is 4.39 Å². The van der Waals surface area contributed by atoms with Gasteiger partial charge in [0.15, 0.2) is 6.86 Å². The maximum Gasteiger partial charge on any atom is 0.531 e. The van der Waals surface area contributed by atoms with E-state index in [4.69, 9.17) is 0 Å². The molecule has 0 radical (unpaired) electrons. The van der Waals surface area contributed by atoms with Crippen LogP contribution in [0.25, 0.3) is 0 Å². The van der Waals surface area contributed by atoms with Gasteiger partial charge in [0.25, 0.3) is 20.2 Å². The molecule has 0 fully saturated rings.